The lowest BCUT2D eigenvalue weighted by Gasteiger charge is -2.51. The van der Waals surface area contributed by atoms with Gasteiger partial charge in [-0.05, 0) is 24.5 Å². The number of aliphatic hydroxyl groups is 1. The van der Waals surface area contributed by atoms with E-state index in [-0.39, 0.29) is 24.6 Å². The van der Waals surface area contributed by atoms with Crippen molar-refractivity contribution in [3.8, 4) is 6.07 Å². The van der Waals surface area contributed by atoms with Crippen LogP contribution in [0.3, 0.4) is 0 Å². The molecule has 1 aliphatic heterocycles. The summed E-state index contributed by atoms with van der Waals surface area (Å²) in [7, 11) is 0. The van der Waals surface area contributed by atoms with Crippen molar-refractivity contribution in [1.29, 1.82) is 5.26 Å². The molecule has 4 nitrogen and oxygen atoms in total. The SMILES string of the molecule is C/C=C/c1ccc([C@@H]2[C@@H](CO)N(c3nc(CC)cs3)[C@H]2C#N)cc1. The summed E-state index contributed by atoms with van der Waals surface area (Å²) < 4.78 is 0. The second-order valence-corrected chi connectivity index (χ2v) is 6.74. The third-order valence-corrected chi connectivity index (χ3v) is 5.44. The first-order valence-electron chi connectivity index (χ1n) is 8.19. The van der Waals surface area contributed by atoms with E-state index in [1.54, 1.807) is 11.3 Å². The molecular weight excluding hydrogens is 318 g/mol. The summed E-state index contributed by atoms with van der Waals surface area (Å²) in [5.74, 6) is 0.00799. The number of benzene rings is 1. The van der Waals surface area contributed by atoms with E-state index in [2.05, 4.69) is 42.2 Å². The third-order valence-electron chi connectivity index (χ3n) is 4.53. The van der Waals surface area contributed by atoms with Gasteiger partial charge in [-0.1, -0.05) is 43.3 Å². The molecular formula is C19H21N3OS. The third kappa shape index (κ3) is 2.83. The Morgan fingerprint density at radius 3 is 2.67 bits per heavy atom. The highest BCUT2D eigenvalue weighted by Crippen LogP contribution is 2.44. The predicted molar refractivity (Wildman–Crippen MR) is 98.1 cm³/mol. The summed E-state index contributed by atoms with van der Waals surface area (Å²) in [4.78, 5) is 6.55. The summed E-state index contributed by atoms with van der Waals surface area (Å²) >= 11 is 1.55. The molecule has 0 aliphatic carbocycles. The van der Waals surface area contributed by atoms with E-state index >= 15 is 0 Å². The first-order chi connectivity index (χ1) is 11.7. The molecule has 2 aromatic rings. The number of nitrogens with zero attached hydrogens (tertiary/aromatic N) is 3. The molecule has 1 fully saturated rings. The summed E-state index contributed by atoms with van der Waals surface area (Å²) in [6.07, 6.45) is 4.92. The summed E-state index contributed by atoms with van der Waals surface area (Å²) in [6, 6.07) is 10.2. The highest BCUT2D eigenvalue weighted by Gasteiger charge is 2.50. The summed E-state index contributed by atoms with van der Waals surface area (Å²) in [6.45, 7) is 4.07. The average molecular weight is 339 g/mol. The van der Waals surface area contributed by atoms with Crippen LogP contribution in [-0.2, 0) is 6.42 Å². The minimum Gasteiger partial charge on any atom is -0.394 e. The van der Waals surface area contributed by atoms with Crippen LogP contribution in [0.1, 0.15) is 36.6 Å². The molecule has 1 N–H and O–H groups in total. The Hall–Kier alpha value is -2.16. The number of anilines is 1. The van der Waals surface area contributed by atoms with Crippen LogP contribution >= 0.6 is 11.3 Å². The molecule has 3 rings (SSSR count). The molecule has 1 saturated heterocycles. The highest BCUT2D eigenvalue weighted by atomic mass is 32.1. The van der Waals surface area contributed by atoms with Gasteiger partial charge >= 0.3 is 0 Å². The lowest BCUT2D eigenvalue weighted by atomic mass is 9.76. The summed E-state index contributed by atoms with van der Waals surface area (Å²) in [5, 5.41) is 22.4. The number of hydrogen-bond acceptors (Lipinski definition) is 5. The van der Waals surface area contributed by atoms with Gasteiger partial charge in [-0.25, -0.2) is 4.98 Å². The van der Waals surface area contributed by atoms with Crippen LogP contribution < -0.4 is 4.90 Å². The number of aliphatic hydroxyl groups excluding tert-OH is 1. The number of aryl methyl sites for hydroxylation is 1. The number of hydrogen-bond donors (Lipinski definition) is 1. The normalized spacial score (nSPS) is 23.2. The van der Waals surface area contributed by atoms with Gasteiger partial charge in [0.2, 0.25) is 0 Å². The molecule has 0 unspecified atom stereocenters. The van der Waals surface area contributed by atoms with Crippen molar-refractivity contribution >= 4 is 22.5 Å². The van der Waals surface area contributed by atoms with Gasteiger partial charge in [-0.15, -0.1) is 11.3 Å². The minimum atomic E-state index is -0.287. The standard InChI is InChI=1S/C19H21N3OS/c1-3-5-13-6-8-14(9-7-13)18-16(10-20)22(17(18)11-23)19-21-15(4-2)12-24-19/h3,5-9,12,16-18,23H,4,11H2,1-2H3/b5-3+/t16-,17+,18-/m0/s1. The number of rotatable bonds is 5. The van der Waals surface area contributed by atoms with Crippen molar-refractivity contribution in [2.45, 2.75) is 38.3 Å². The zero-order chi connectivity index (χ0) is 17.1. The number of nitriles is 1. The maximum Gasteiger partial charge on any atom is 0.186 e. The Morgan fingerprint density at radius 2 is 2.12 bits per heavy atom. The molecule has 1 aliphatic rings. The van der Waals surface area contributed by atoms with Crippen molar-refractivity contribution in [3.05, 3.63) is 52.5 Å². The van der Waals surface area contributed by atoms with Gasteiger partial charge in [-0.3, -0.25) is 0 Å². The van der Waals surface area contributed by atoms with Gasteiger partial charge in [0.05, 0.1) is 24.4 Å². The maximum atomic E-state index is 9.88. The molecule has 0 spiro atoms. The second-order valence-electron chi connectivity index (χ2n) is 5.90. The van der Waals surface area contributed by atoms with Crippen molar-refractivity contribution in [1.82, 2.24) is 4.98 Å². The smallest absolute Gasteiger partial charge is 0.186 e. The maximum absolute atomic E-state index is 9.88. The molecule has 0 bridgehead atoms. The van der Waals surface area contributed by atoms with E-state index in [4.69, 9.17) is 0 Å². The largest absolute Gasteiger partial charge is 0.394 e. The quantitative estimate of drug-likeness (QED) is 0.904. The minimum absolute atomic E-state index is 0.00799. The first kappa shape index (κ1) is 16.7. The average Bonchev–Trinajstić information content (AvgIpc) is 3.05. The Balaban J connectivity index is 1.87. The van der Waals surface area contributed by atoms with Gasteiger partial charge in [0.25, 0.3) is 0 Å². The molecule has 3 atom stereocenters. The van der Waals surface area contributed by atoms with Crippen molar-refractivity contribution in [2.24, 2.45) is 0 Å². The van der Waals surface area contributed by atoms with Crippen molar-refractivity contribution in [2.75, 3.05) is 11.5 Å². The van der Waals surface area contributed by atoms with E-state index in [1.807, 2.05) is 29.4 Å². The van der Waals surface area contributed by atoms with Crippen molar-refractivity contribution < 1.29 is 5.11 Å². The van der Waals surface area contributed by atoms with E-state index in [0.717, 1.165) is 28.4 Å². The zero-order valence-corrected chi connectivity index (χ0v) is 14.7. The molecule has 0 radical (unpaired) electrons. The Morgan fingerprint density at radius 1 is 1.38 bits per heavy atom. The molecule has 1 aromatic carbocycles. The first-order valence-corrected chi connectivity index (χ1v) is 9.07. The summed E-state index contributed by atoms with van der Waals surface area (Å²) in [5.41, 5.74) is 3.26. The lowest BCUT2D eigenvalue weighted by Crippen LogP contribution is -2.63. The highest BCUT2D eigenvalue weighted by molar-refractivity contribution is 7.13. The number of aromatic nitrogens is 1. The molecule has 124 valence electrons. The van der Waals surface area contributed by atoms with Crippen LogP contribution in [0.5, 0.6) is 0 Å². The fourth-order valence-electron chi connectivity index (χ4n) is 3.27. The van der Waals surface area contributed by atoms with Crippen LogP contribution in [0, 0.1) is 11.3 Å². The molecule has 5 heteroatoms. The van der Waals surface area contributed by atoms with Gasteiger partial charge < -0.3 is 10.0 Å². The Bertz CT molecular complexity index is 760. The zero-order valence-electron chi connectivity index (χ0n) is 13.9. The molecule has 0 saturated carbocycles. The van der Waals surface area contributed by atoms with E-state index in [1.165, 1.54) is 0 Å². The van der Waals surface area contributed by atoms with E-state index < -0.39 is 0 Å². The van der Waals surface area contributed by atoms with Gasteiger partial charge in [0.15, 0.2) is 5.13 Å². The fraction of sp³-hybridized carbons (Fsp3) is 0.368. The van der Waals surface area contributed by atoms with Crippen LogP contribution in [0.2, 0.25) is 0 Å². The van der Waals surface area contributed by atoms with Gasteiger partial charge in [0.1, 0.15) is 6.04 Å². The van der Waals surface area contributed by atoms with Gasteiger partial charge in [-0.2, -0.15) is 5.26 Å². The topological polar surface area (TPSA) is 60.1 Å². The molecule has 24 heavy (non-hydrogen) atoms. The lowest BCUT2D eigenvalue weighted by molar-refractivity contribution is 0.187. The van der Waals surface area contributed by atoms with E-state index in [0.29, 0.717) is 0 Å². The Labute approximate surface area is 146 Å². The van der Waals surface area contributed by atoms with Gasteiger partial charge in [0, 0.05) is 11.3 Å². The molecule has 1 aromatic heterocycles. The molecule has 0 amide bonds. The van der Waals surface area contributed by atoms with Crippen molar-refractivity contribution in [3.63, 3.8) is 0 Å². The number of thiazole rings is 1. The predicted octanol–water partition coefficient (Wildman–Crippen LogP) is 3.60. The second kappa shape index (κ2) is 7.16. The monoisotopic (exact) mass is 339 g/mol. The van der Waals surface area contributed by atoms with Crippen LogP contribution in [0.25, 0.3) is 6.08 Å². The van der Waals surface area contributed by atoms with Crippen LogP contribution in [-0.4, -0.2) is 28.8 Å². The van der Waals surface area contributed by atoms with Crippen LogP contribution in [0.4, 0.5) is 5.13 Å². The number of allylic oxidation sites excluding steroid dienone is 1. The fourth-order valence-corrected chi connectivity index (χ4v) is 4.27. The molecule has 2 heterocycles. The van der Waals surface area contributed by atoms with Crippen LogP contribution in [0.15, 0.2) is 35.7 Å². The Kier molecular flexibility index (Phi) is 4.98. The van der Waals surface area contributed by atoms with E-state index in [9.17, 15) is 10.4 Å².